The summed E-state index contributed by atoms with van der Waals surface area (Å²) in [5, 5.41) is 15.2. The van der Waals surface area contributed by atoms with Crippen LogP contribution in [0, 0.1) is 5.92 Å². The molecule has 11 heteroatoms. The molecule has 3 aromatic rings. The number of halogens is 1. The first-order valence-electron chi connectivity index (χ1n) is 12.8. The minimum absolute atomic E-state index is 0.00241. The van der Waals surface area contributed by atoms with Gasteiger partial charge in [-0.25, -0.2) is 0 Å². The molecular weight excluding hydrogens is 510 g/mol. The van der Waals surface area contributed by atoms with Gasteiger partial charge in [-0.2, -0.15) is 0 Å². The monoisotopic (exact) mass is 545 g/mol. The van der Waals surface area contributed by atoms with E-state index in [1.54, 1.807) is 18.5 Å². The number of anilines is 1. The van der Waals surface area contributed by atoms with Crippen molar-refractivity contribution in [1.29, 1.82) is 0 Å². The summed E-state index contributed by atoms with van der Waals surface area (Å²) in [7, 11) is 0. The number of hydrogen-bond acceptors (Lipinski definition) is 7. The molecule has 2 atom stereocenters. The first kappa shape index (κ1) is 28.1. The average molecular weight is 546 g/mol. The number of aromatic amines is 1. The van der Waals surface area contributed by atoms with E-state index in [2.05, 4.69) is 15.3 Å². The van der Waals surface area contributed by atoms with E-state index in [9.17, 15) is 14.7 Å². The number of rotatable bonds is 5. The quantitative estimate of drug-likeness (QED) is 0.357. The third-order valence-corrected chi connectivity index (χ3v) is 7.15. The maximum atomic E-state index is 12.3. The number of nitrogens with two attached hydrogens (primary N) is 1. The number of aromatic nitrogens is 2. The fourth-order valence-electron chi connectivity index (χ4n) is 5.04. The molecule has 2 aromatic heterocycles. The van der Waals surface area contributed by atoms with Gasteiger partial charge in [-0.3, -0.25) is 19.5 Å². The summed E-state index contributed by atoms with van der Waals surface area (Å²) in [5.74, 6) is -0.841. The van der Waals surface area contributed by atoms with Crippen molar-refractivity contribution in [2.75, 3.05) is 38.6 Å². The predicted octanol–water partition coefficient (Wildman–Crippen LogP) is 3.43. The molecule has 0 saturated carbocycles. The van der Waals surface area contributed by atoms with Gasteiger partial charge < -0.3 is 30.6 Å². The van der Waals surface area contributed by atoms with E-state index < -0.39 is 12.0 Å². The topological polar surface area (TPSA) is 143 Å². The van der Waals surface area contributed by atoms with Crippen molar-refractivity contribution in [1.82, 2.24) is 20.2 Å². The van der Waals surface area contributed by atoms with Crippen LogP contribution in [0.3, 0.4) is 0 Å². The Balaban J connectivity index is 0.000000192. The van der Waals surface area contributed by atoms with E-state index in [-0.39, 0.29) is 30.1 Å². The van der Waals surface area contributed by atoms with Gasteiger partial charge in [-0.05, 0) is 51.8 Å². The number of nitrogens with zero attached hydrogens (tertiary/aromatic N) is 2. The zero-order valence-electron chi connectivity index (χ0n) is 22.0. The number of fused-ring (bicyclic) bond motifs is 3. The van der Waals surface area contributed by atoms with Crippen LogP contribution in [-0.2, 0) is 19.1 Å². The molecule has 0 aliphatic carbocycles. The number of benzene rings is 1. The minimum atomic E-state index is -0.886. The lowest BCUT2D eigenvalue weighted by molar-refractivity contribution is -0.162. The normalized spacial score (nSPS) is 21.0. The summed E-state index contributed by atoms with van der Waals surface area (Å²) in [4.78, 5) is 32.8. The Labute approximate surface area is 226 Å². The second kappa shape index (κ2) is 11.9. The molecule has 1 amide bonds. The molecule has 2 fully saturated rings. The van der Waals surface area contributed by atoms with Crippen molar-refractivity contribution >= 4 is 51.0 Å². The third kappa shape index (κ3) is 6.74. The van der Waals surface area contributed by atoms with Crippen LogP contribution < -0.4 is 11.1 Å². The van der Waals surface area contributed by atoms with E-state index in [1.807, 2.05) is 37.8 Å². The summed E-state index contributed by atoms with van der Waals surface area (Å²) in [6, 6.07) is 4.83. The molecule has 2 unspecified atom stereocenters. The summed E-state index contributed by atoms with van der Waals surface area (Å²) >= 11 is 5.97. The lowest BCUT2D eigenvalue weighted by atomic mass is 9.99. The largest absolute Gasteiger partial charge is 0.480 e. The lowest BCUT2D eigenvalue weighted by Gasteiger charge is -2.42. The van der Waals surface area contributed by atoms with Gasteiger partial charge in [0, 0.05) is 60.3 Å². The zero-order valence-corrected chi connectivity index (χ0v) is 22.8. The number of nitrogen functional groups attached to an aromatic ring is 1. The molecule has 2 aliphatic rings. The molecule has 5 rings (SSSR count). The Morgan fingerprint density at radius 2 is 2.05 bits per heavy atom. The number of pyridine rings is 1. The maximum absolute atomic E-state index is 12.3. The fourth-order valence-corrected chi connectivity index (χ4v) is 5.26. The van der Waals surface area contributed by atoms with Gasteiger partial charge in [0.25, 0.3) is 0 Å². The second-order valence-corrected chi connectivity index (χ2v) is 11.1. The number of carbonyl (C=O) groups excluding carboxylic acids is 1. The summed E-state index contributed by atoms with van der Waals surface area (Å²) < 4.78 is 10.9. The summed E-state index contributed by atoms with van der Waals surface area (Å²) in [6.45, 7) is 8.27. The highest BCUT2D eigenvalue weighted by molar-refractivity contribution is 6.32. The van der Waals surface area contributed by atoms with Gasteiger partial charge in [-0.1, -0.05) is 11.6 Å². The van der Waals surface area contributed by atoms with Gasteiger partial charge in [0.1, 0.15) is 6.04 Å². The fraction of sp³-hybridized carbons (Fsp3) is 0.519. The zero-order chi connectivity index (χ0) is 27.4. The Morgan fingerprint density at radius 1 is 1.32 bits per heavy atom. The lowest BCUT2D eigenvalue weighted by Crippen LogP contribution is -2.59. The molecule has 1 aromatic carbocycles. The molecule has 2 saturated heterocycles. The molecule has 2 aliphatic heterocycles. The number of morpholine rings is 1. The van der Waals surface area contributed by atoms with Crippen molar-refractivity contribution in [3.63, 3.8) is 0 Å². The van der Waals surface area contributed by atoms with Crippen molar-refractivity contribution in [3.8, 4) is 0 Å². The second-order valence-electron chi connectivity index (χ2n) is 10.6. The minimum Gasteiger partial charge on any atom is -0.480 e. The third-order valence-electron chi connectivity index (χ3n) is 6.94. The van der Waals surface area contributed by atoms with Crippen LogP contribution in [-0.4, -0.2) is 82.4 Å². The number of ether oxygens (including phenoxy) is 2. The smallest absolute Gasteiger partial charge is 0.323 e. The number of carboxylic acid groups (broad SMARTS) is 1. The van der Waals surface area contributed by atoms with Crippen LogP contribution >= 0.6 is 11.6 Å². The number of aliphatic carboxylic acids is 1. The standard InChI is InChI=1S/C16H28N2O5.C11H8ClN3/c1-11(17-14(19)12-4-6-22-7-5-12)8-18-10-16(2,3)23-9-13(18)15(20)21;12-6-3-8-7-1-2-14-5-10(7)15-11(8)9(13)4-6/h11-13H,4-10H2,1-3H3,(H,17,19)(H,20,21);1-5,15H,13H2. The average Bonchev–Trinajstić information content (AvgIpc) is 3.23. The van der Waals surface area contributed by atoms with Crippen LogP contribution in [0.15, 0.2) is 30.6 Å². The molecule has 0 radical (unpaired) electrons. The number of nitrogens with one attached hydrogen (secondary N) is 2. The number of amides is 1. The van der Waals surface area contributed by atoms with Crippen molar-refractivity contribution in [2.45, 2.75) is 51.3 Å². The SMILES string of the molecule is CC(CN1CC(C)(C)OCC1C(=O)O)NC(=O)C1CCOCC1.Nc1cc(Cl)cc2c1[nH]c1cnccc12. The van der Waals surface area contributed by atoms with E-state index in [1.165, 1.54) is 0 Å². The first-order valence-corrected chi connectivity index (χ1v) is 13.2. The molecule has 38 heavy (non-hydrogen) atoms. The Bertz CT molecular complexity index is 1290. The number of H-pyrrole nitrogens is 1. The van der Waals surface area contributed by atoms with E-state index in [4.69, 9.17) is 26.8 Å². The number of carboxylic acids is 1. The molecule has 0 spiro atoms. The maximum Gasteiger partial charge on any atom is 0.323 e. The molecule has 206 valence electrons. The van der Waals surface area contributed by atoms with Crippen molar-refractivity contribution < 1.29 is 24.2 Å². The van der Waals surface area contributed by atoms with Crippen LogP contribution in [0.2, 0.25) is 5.02 Å². The van der Waals surface area contributed by atoms with Crippen LogP contribution in [0.5, 0.6) is 0 Å². The van der Waals surface area contributed by atoms with Crippen LogP contribution in [0.1, 0.15) is 33.6 Å². The van der Waals surface area contributed by atoms with Gasteiger partial charge in [0.05, 0.1) is 35.1 Å². The summed E-state index contributed by atoms with van der Waals surface area (Å²) in [5.41, 5.74) is 8.06. The van der Waals surface area contributed by atoms with E-state index >= 15 is 0 Å². The number of carbonyl (C=O) groups is 2. The number of hydrogen-bond donors (Lipinski definition) is 4. The van der Waals surface area contributed by atoms with Crippen LogP contribution in [0.25, 0.3) is 21.8 Å². The highest BCUT2D eigenvalue weighted by Gasteiger charge is 2.38. The summed E-state index contributed by atoms with van der Waals surface area (Å²) in [6.07, 6.45) is 5.04. The highest BCUT2D eigenvalue weighted by Crippen LogP contribution is 2.31. The van der Waals surface area contributed by atoms with Crippen molar-refractivity contribution in [3.05, 3.63) is 35.6 Å². The molecule has 4 heterocycles. The van der Waals surface area contributed by atoms with Gasteiger partial charge in [-0.15, -0.1) is 0 Å². The van der Waals surface area contributed by atoms with Crippen LogP contribution in [0.4, 0.5) is 5.69 Å². The van der Waals surface area contributed by atoms with Gasteiger partial charge in [0.15, 0.2) is 0 Å². The van der Waals surface area contributed by atoms with Crippen molar-refractivity contribution in [2.24, 2.45) is 5.92 Å². The predicted molar refractivity (Wildman–Crippen MR) is 147 cm³/mol. The molecule has 10 nitrogen and oxygen atoms in total. The van der Waals surface area contributed by atoms with Gasteiger partial charge >= 0.3 is 5.97 Å². The molecular formula is C27H36ClN5O5. The Hall–Kier alpha value is -2.92. The molecule has 5 N–H and O–H groups in total. The van der Waals surface area contributed by atoms with E-state index in [0.717, 1.165) is 34.6 Å². The van der Waals surface area contributed by atoms with E-state index in [0.29, 0.717) is 37.0 Å². The molecule has 0 bridgehead atoms. The Kier molecular flexibility index (Phi) is 8.77. The first-order chi connectivity index (χ1) is 18.0. The Morgan fingerprint density at radius 3 is 2.76 bits per heavy atom. The highest BCUT2D eigenvalue weighted by atomic mass is 35.5. The van der Waals surface area contributed by atoms with Gasteiger partial charge in [0.2, 0.25) is 5.91 Å².